The van der Waals surface area contributed by atoms with Crippen molar-refractivity contribution in [3.63, 3.8) is 0 Å². The summed E-state index contributed by atoms with van der Waals surface area (Å²) in [5.41, 5.74) is 6.70. The summed E-state index contributed by atoms with van der Waals surface area (Å²) >= 11 is 0. The van der Waals surface area contributed by atoms with E-state index in [9.17, 15) is 9.18 Å². The van der Waals surface area contributed by atoms with Crippen LogP contribution in [0.4, 0.5) is 4.39 Å². The lowest BCUT2D eigenvalue weighted by molar-refractivity contribution is 0.112. The number of nitrogens with two attached hydrogens (primary N) is 1. The van der Waals surface area contributed by atoms with Crippen LogP contribution in [-0.2, 0) is 6.42 Å². The van der Waals surface area contributed by atoms with E-state index in [0.717, 1.165) is 24.8 Å². The highest BCUT2D eigenvalue weighted by molar-refractivity contribution is 5.77. The molecular formula is C11H14FNO. The van der Waals surface area contributed by atoms with Crippen LogP contribution in [0.5, 0.6) is 0 Å². The molecule has 0 saturated carbocycles. The number of benzene rings is 1. The van der Waals surface area contributed by atoms with Gasteiger partial charge in [-0.1, -0.05) is 6.07 Å². The Morgan fingerprint density at radius 3 is 2.79 bits per heavy atom. The van der Waals surface area contributed by atoms with Crippen molar-refractivity contribution in [2.45, 2.75) is 19.3 Å². The maximum atomic E-state index is 12.7. The molecule has 0 aliphatic heterocycles. The van der Waals surface area contributed by atoms with Crippen LogP contribution in [0.2, 0.25) is 0 Å². The summed E-state index contributed by atoms with van der Waals surface area (Å²) in [6.45, 7) is 0.650. The molecular weight excluding hydrogens is 181 g/mol. The van der Waals surface area contributed by atoms with Gasteiger partial charge in [0.15, 0.2) is 0 Å². The van der Waals surface area contributed by atoms with Gasteiger partial charge in [-0.15, -0.1) is 0 Å². The molecule has 0 aliphatic rings. The standard InChI is InChI=1S/C11H14FNO/c12-11-5-4-9(3-1-2-6-13)10(7-11)8-14/h4-5,7-8H,1-3,6,13H2. The Balaban J connectivity index is 2.70. The second-order valence-corrected chi connectivity index (χ2v) is 3.21. The predicted molar refractivity (Wildman–Crippen MR) is 53.8 cm³/mol. The van der Waals surface area contributed by atoms with Gasteiger partial charge < -0.3 is 5.73 Å². The van der Waals surface area contributed by atoms with Gasteiger partial charge in [0, 0.05) is 5.56 Å². The van der Waals surface area contributed by atoms with Gasteiger partial charge >= 0.3 is 0 Å². The Bertz CT molecular complexity index is 312. The number of aryl methyl sites for hydroxylation is 1. The lowest BCUT2D eigenvalue weighted by atomic mass is 10.0. The molecule has 0 amide bonds. The van der Waals surface area contributed by atoms with Crippen molar-refractivity contribution in [1.82, 2.24) is 0 Å². The Labute approximate surface area is 82.9 Å². The molecule has 0 saturated heterocycles. The fraction of sp³-hybridized carbons (Fsp3) is 0.364. The summed E-state index contributed by atoms with van der Waals surface area (Å²) in [5, 5.41) is 0. The number of aldehydes is 1. The first-order valence-corrected chi connectivity index (χ1v) is 4.71. The van der Waals surface area contributed by atoms with E-state index < -0.39 is 0 Å². The molecule has 0 radical (unpaired) electrons. The molecule has 0 aromatic heterocycles. The van der Waals surface area contributed by atoms with Crippen LogP contribution >= 0.6 is 0 Å². The molecule has 0 fully saturated rings. The van der Waals surface area contributed by atoms with Gasteiger partial charge in [-0.05, 0) is 43.5 Å². The summed E-state index contributed by atoms with van der Waals surface area (Å²) in [6, 6.07) is 4.31. The summed E-state index contributed by atoms with van der Waals surface area (Å²) in [7, 11) is 0. The van der Waals surface area contributed by atoms with Crippen LogP contribution in [0.15, 0.2) is 18.2 Å². The monoisotopic (exact) mass is 195 g/mol. The maximum Gasteiger partial charge on any atom is 0.150 e. The van der Waals surface area contributed by atoms with Crippen LogP contribution in [-0.4, -0.2) is 12.8 Å². The fourth-order valence-corrected chi connectivity index (χ4v) is 1.36. The van der Waals surface area contributed by atoms with Gasteiger partial charge in [0.1, 0.15) is 12.1 Å². The molecule has 2 N–H and O–H groups in total. The minimum Gasteiger partial charge on any atom is -0.330 e. The molecule has 0 atom stereocenters. The number of hydrogen-bond acceptors (Lipinski definition) is 2. The molecule has 3 heteroatoms. The first kappa shape index (κ1) is 10.9. The number of rotatable bonds is 5. The summed E-state index contributed by atoms with van der Waals surface area (Å²) in [6.07, 6.45) is 3.34. The lowest BCUT2D eigenvalue weighted by Gasteiger charge is -2.03. The Hall–Kier alpha value is -1.22. The summed E-state index contributed by atoms with van der Waals surface area (Å²) in [4.78, 5) is 10.6. The van der Waals surface area contributed by atoms with Gasteiger partial charge in [0.25, 0.3) is 0 Å². The Kier molecular flexibility index (Phi) is 4.26. The number of carbonyl (C=O) groups is 1. The molecule has 0 aliphatic carbocycles. The summed E-state index contributed by atoms with van der Waals surface area (Å²) in [5.74, 6) is -0.366. The van der Waals surface area contributed by atoms with E-state index in [4.69, 9.17) is 5.73 Å². The van der Waals surface area contributed by atoms with E-state index in [1.54, 1.807) is 6.07 Å². The zero-order valence-electron chi connectivity index (χ0n) is 8.00. The molecule has 0 unspecified atom stereocenters. The molecule has 2 nitrogen and oxygen atoms in total. The van der Waals surface area contributed by atoms with Gasteiger partial charge in [-0.3, -0.25) is 4.79 Å². The second kappa shape index (κ2) is 5.50. The molecule has 14 heavy (non-hydrogen) atoms. The van der Waals surface area contributed by atoms with Crippen LogP contribution in [0.25, 0.3) is 0 Å². The largest absolute Gasteiger partial charge is 0.330 e. The lowest BCUT2D eigenvalue weighted by Crippen LogP contribution is -2.00. The average Bonchev–Trinajstić information content (AvgIpc) is 2.20. The second-order valence-electron chi connectivity index (χ2n) is 3.21. The van der Waals surface area contributed by atoms with Crippen molar-refractivity contribution in [2.75, 3.05) is 6.54 Å². The zero-order chi connectivity index (χ0) is 10.4. The number of carbonyl (C=O) groups excluding carboxylic acids is 1. The molecule has 1 rings (SSSR count). The minimum absolute atomic E-state index is 0.366. The third kappa shape index (κ3) is 2.92. The van der Waals surface area contributed by atoms with Gasteiger partial charge in [-0.2, -0.15) is 0 Å². The van der Waals surface area contributed by atoms with Crippen molar-refractivity contribution in [3.8, 4) is 0 Å². The van der Waals surface area contributed by atoms with E-state index in [1.165, 1.54) is 12.1 Å². The quantitative estimate of drug-likeness (QED) is 0.576. The number of unbranched alkanes of at least 4 members (excludes halogenated alkanes) is 1. The normalized spacial score (nSPS) is 10.1. The van der Waals surface area contributed by atoms with E-state index in [1.807, 2.05) is 0 Å². The molecule has 1 aromatic rings. The average molecular weight is 195 g/mol. The van der Waals surface area contributed by atoms with Crippen molar-refractivity contribution >= 4 is 6.29 Å². The first-order chi connectivity index (χ1) is 6.77. The fourth-order valence-electron chi connectivity index (χ4n) is 1.36. The number of halogens is 1. The van der Waals surface area contributed by atoms with Crippen molar-refractivity contribution in [2.24, 2.45) is 5.73 Å². The van der Waals surface area contributed by atoms with E-state index in [0.29, 0.717) is 18.4 Å². The molecule has 0 spiro atoms. The van der Waals surface area contributed by atoms with Crippen LogP contribution in [0.3, 0.4) is 0 Å². The first-order valence-electron chi connectivity index (χ1n) is 4.71. The molecule has 0 heterocycles. The van der Waals surface area contributed by atoms with Gasteiger partial charge in [0.2, 0.25) is 0 Å². The van der Waals surface area contributed by atoms with Crippen molar-refractivity contribution in [1.29, 1.82) is 0 Å². The highest BCUT2D eigenvalue weighted by Crippen LogP contribution is 2.12. The minimum atomic E-state index is -0.366. The van der Waals surface area contributed by atoms with E-state index >= 15 is 0 Å². The van der Waals surface area contributed by atoms with Crippen molar-refractivity contribution < 1.29 is 9.18 Å². The van der Waals surface area contributed by atoms with Crippen LogP contribution < -0.4 is 5.73 Å². The predicted octanol–water partition coefficient (Wildman–Crippen LogP) is 1.92. The van der Waals surface area contributed by atoms with E-state index in [2.05, 4.69) is 0 Å². The molecule has 76 valence electrons. The van der Waals surface area contributed by atoms with Gasteiger partial charge in [0.05, 0.1) is 0 Å². The highest BCUT2D eigenvalue weighted by atomic mass is 19.1. The van der Waals surface area contributed by atoms with Crippen molar-refractivity contribution in [3.05, 3.63) is 35.1 Å². The highest BCUT2D eigenvalue weighted by Gasteiger charge is 2.02. The third-order valence-corrected chi connectivity index (χ3v) is 2.14. The molecule has 0 bridgehead atoms. The number of hydrogen-bond donors (Lipinski definition) is 1. The Morgan fingerprint density at radius 2 is 2.14 bits per heavy atom. The molecule has 1 aromatic carbocycles. The maximum absolute atomic E-state index is 12.7. The zero-order valence-corrected chi connectivity index (χ0v) is 8.00. The smallest absolute Gasteiger partial charge is 0.150 e. The van der Waals surface area contributed by atoms with Crippen LogP contribution in [0.1, 0.15) is 28.8 Å². The Morgan fingerprint density at radius 1 is 1.36 bits per heavy atom. The van der Waals surface area contributed by atoms with Gasteiger partial charge in [-0.25, -0.2) is 4.39 Å². The summed E-state index contributed by atoms with van der Waals surface area (Å²) < 4.78 is 12.7. The van der Waals surface area contributed by atoms with E-state index in [-0.39, 0.29) is 5.82 Å². The van der Waals surface area contributed by atoms with Crippen LogP contribution in [0, 0.1) is 5.82 Å². The SMILES string of the molecule is NCCCCc1ccc(F)cc1C=O. The topological polar surface area (TPSA) is 43.1 Å². The third-order valence-electron chi connectivity index (χ3n) is 2.14.